The predicted octanol–water partition coefficient (Wildman–Crippen LogP) is 3.87. The van der Waals surface area contributed by atoms with Gasteiger partial charge in [-0.1, -0.05) is 12.1 Å². The van der Waals surface area contributed by atoms with Crippen LogP contribution in [0, 0.1) is 17.5 Å². The Labute approximate surface area is 219 Å². The van der Waals surface area contributed by atoms with Crippen LogP contribution in [0.3, 0.4) is 0 Å². The lowest BCUT2D eigenvalue weighted by Crippen LogP contribution is -2.46. The summed E-state index contributed by atoms with van der Waals surface area (Å²) >= 11 is 0. The normalized spacial score (nSPS) is 16.0. The van der Waals surface area contributed by atoms with Crippen molar-refractivity contribution >= 4 is 17.6 Å². The molecule has 10 heteroatoms. The van der Waals surface area contributed by atoms with E-state index >= 15 is 0 Å². The summed E-state index contributed by atoms with van der Waals surface area (Å²) in [6.07, 6.45) is 5.10. The van der Waals surface area contributed by atoms with E-state index in [1.165, 1.54) is 24.5 Å². The lowest BCUT2D eigenvalue weighted by molar-refractivity contribution is -0.128. The molecule has 2 aromatic carbocycles. The smallest absolute Gasteiger partial charge is 0.245 e. The van der Waals surface area contributed by atoms with Crippen molar-refractivity contribution in [1.82, 2.24) is 20.2 Å². The van der Waals surface area contributed by atoms with Gasteiger partial charge in [0.2, 0.25) is 11.8 Å². The standard InChI is InChI=1S/C28H32F3N5O2/c1-17(34-22-8-7-19-12-21(30)13-24(31)23(19)14-22)26(37)35-25-15-36(16-33-25)28(2,3)27(38)32-10-9-18-5-4-6-20(29)11-18/h4-6,11-13,15-17,22,34H,7-10,14H2,1-3H3,(H,32,38)(H,35,37). The van der Waals surface area contributed by atoms with Gasteiger partial charge in [-0.05, 0) is 81.3 Å². The molecule has 0 spiro atoms. The quantitative estimate of drug-likeness (QED) is 0.394. The van der Waals surface area contributed by atoms with Gasteiger partial charge in [0, 0.05) is 24.8 Å². The summed E-state index contributed by atoms with van der Waals surface area (Å²) in [5.74, 6) is -1.73. The van der Waals surface area contributed by atoms with E-state index in [0.29, 0.717) is 49.2 Å². The summed E-state index contributed by atoms with van der Waals surface area (Å²) in [5, 5.41) is 8.83. The molecule has 4 rings (SSSR count). The number of aryl methyl sites for hydroxylation is 1. The Morgan fingerprint density at radius 3 is 2.71 bits per heavy atom. The van der Waals surface area contributed by atoms with Crippen LogP contribution >= 0.6 is 0 Å². The molecule has 2 unspecified atom stereocenters. The Morgan fingerprint density at radius 2 is 1.95 bits per heavy atom. The number of nitrogens with zero attached hydrogens (tertiary/aromatic N) is 2. The van der Waals surface area contributed by atoms with Crippen molar-refractivity contribution in [3.63, 3.8) is 0 Å². The first-order valence-corrected chi connectivity index (χ1v) is 12.6. The summed E-state index contributed by atoms with van der Waals surface area (Å²) in [6.45, 7) is 5.51. The van der Waals surface area contributed by atoms with Gasteiger partial charge < -0.3 is 20.5 Å². The molecule has 1 aliphatic rings. The Hall–Kier alpha value is -3.66. The molecule has 0 saturated carbocycles. The van der Waals surface area contributed by atoms with Crippen LogP contribution in [-0.4, -0.2) is 40.0 Å². The van der Waals surface area contributed by atoms with E-state index < -0.39 is 23.2 Å². The summed E-state index contributed by atoms with van der Waals surface area (Å²) < 4.78 is 42.6. The number of aromatic nitrogens is 2. The average molecular weight is 528 g/mol. The minimum atomic E-state index is -0.985. The minimum absolute atomic E-state index is 0.129. The number of anilines is 1. The highest BCUT2D eigenvalue weighted by atomic mass is 19.1. The van der Waals surface area contributed by atoms with Crippen molar-refractivity contribution in [2.45, 2.75) is 64.1 Å². The number of imidazole rings is 1. The number of benzene rings is 2. The molecule has 0 aliphatic heterocycles. The van der Waals surface area contributed by atoms with Crippen molar-refractivity contribution in [2.24, 2.45) is 0 Å². The predicted molar refractivity (Wildman–Crippen MR) is 138 cm³/mol. The third kappa shape index (κ3) is 6.42. The molecule has 0 bridgehead atoms. The minimum Gasteiger partial charge on any atom is -0.354 e. The Kier molecular flexibility index (Phi) is 8.20. The first-order valence-electron chi connectivity index (χ1n) is 12.6. The number of fused-ring (bicyclic) bond motifs is 1. The molecular weight excluding hydrogens is 495 g/mol. The Morgan fingerprint density at radius 1 is 1.16 bits per heavy atom. The third-order valence-electron chi connectivity index (χ3n) is 6.97. The van der Waals surface area contributed by atoms with Gasteiger partial charge in [0.15, 0.2) is 5.82 Å². The number of amides is 2. The third-order valence-corrected chi connectivity index (χ3v) is 6.97. The van der Waals surface area contributed by atoms with Gasteiger partial charge in [0.25, 0.3) is 0 Å². The molecule has 3 aromatic rings. The van der Waals surface area contributed by atoms with E-state index in [0.717, 1.165) is 11.6 Å². The number of nitrogens with one attached hydrogen (secondary N) is 3. The van der Waals surface area contributed by atoms with Crippen LogP contribution in [0.1, 0.15) is 43.9 Å². The largest absolute Gasteiger partial charge is 0.354 e. The first kappa shape index (κ1) is 27.4. The second kappa shape index (κ2) is 11.4. The monoisotopic (exact) mass is 527 g/mol. The van der Waals surface area contributed by atoms with Crippen LogP contribution < -0.4 is 16.0 Å². The zero-order chi connectivity index (χ0) is 27.4. The average Bonchev–Trinajstić information content (AvgIpc) is 3.33. The van der Waals surface area contributed by atoms with E-state index in [9.17, 15) is 22.8 Å². The maximum absolute atomic E-state index is 14.2. The second-order valence-corrected chi connectivity index (χ2v) is 10.2. The van der Waals surface area contributed by atoms with Gasteiger partial charge in [-0.25, -0.2) is 18.2 Å². The Balaban J connectivity index is 1.29. The molecule has 7 nitrogen and oxygen atoms in total. The fourth-order valence-electron chi connectivity index (χ4n) is 4.63. The van der Waals surface area contributed by atoms with Gasteiger partial charge in [-0.2, -0.15) is 0 Å². The van der Waals surface area contributed by atoms with E-state index in [1.807, 2.05) is 0 Å². The van der Waals surface area contributed by atoms with Gasteiger partial charge in [-0.3, -0.25) is 9.59 Å². The number of rotatable bonds is 9. The summed E-state index contributed by atoms with van der Waals surface area (Å²) in [5.41, 5.74) is 0.956. The number of hydrogen-bond acceptors (Lipinski definition) is 4. The molecular formula is C28H32F3N5O2. The van der Waals surface area contributed by atoms with E-state index in [1.54, 1.807) is 43.7 Å². The van der Waals surface area contributed by atoms with E-state index in [4.69, 9.17) is 0 Å². The summed E-state index contributed by atoms with van der Waals surface area (Å²) in [4.78, 5) is 29.8. The van der Waals surface area contributed by atoms with Gasteiger partial charge in [0.05, 0.1) is 12.4 Å². The van der Waals surface area contributed by atoms with Crippen molar-refractivity contribution in [2.75, 3.05) is 11.9 Å². The maximum atomic E-state index is 14.2. The molecule has 0 saturated heterocycles. The lowest BCUT2D eigenvalue weighted by Gasteiger charge is -2.28. The summed E-state index contributed by atoms with van der Waals surface area (Å²) in [6, 6.07) is 7.78. The number of halogens is 3. The number of hydrogen-bond donors (Lipinski definition) is 3. The van der Waals surface area contributed by atoms with Crippen molar-refractivity contribution < 1.29 is 22.8 Å². The molecule has 1 aliphatic carbocycles. The lowest BCUT2D eigenvalue weighted by atomic mass is 9.87. The van der Waals surface area contributed by atoms with Crippen molar-refractivity contribution in [3.8, 4) is 0 Å². The second-order valence-electron chi connectivity index (χ2n) is 10.2. The maximum Gasteiger partial charge on any atom is 0.245 e. The summed E-state index contributed by atoms with van der Waals surface area (Å²) in [7, 11) is 0. The molecule has 2 atom stereocenters. The van der Waals surface area contributed by atoms with Crippen LogP contribution in [0.25, 0.3) is 0 Å². The van der Waals surface area contributed by atoms with Crippen LogP contribution in [0.4, 0.5) is 19.0 Å². The van der Waals surface area contributed by atoms with E-state index in [-0.39, 0.29) is 23.7 Å². The highest BCUT2D eigenvalue weighted by molar-refractivity contribution is 5.93. The molecule has 0 fully saturated rings. The highest BCUT2D eigenvalue weighted by Gasteiger charge is 2.30. The Bertz CT molecular complexity index is 1320. The van der Waals surface area contributed by atoms with Crippen LogP contribution in [0.15, 0.2) is 48.9 Å². The molecule has 38 heavy (non-hydrogen) atoms. The fraction of sp³-hybridized carbons (Fsp3) is 0.393. The van der Waals surface area contributed by atoms with Crippen molar-refractivity contribution in [1.29, 1.82) is 0 Å². The van der Waals surface area contributed by atoms with Crippen LogP contribution in [-0.2, 0) is 34.4 Å². The van der Waals surface area contributed by atoms with Crippen LogP contribution in [0.5, 0.6) is 0 Å². The molecule has 2 amide bonds. The molecule has 202 valence electrons. The van der Waals surface area contributed by atoms with Gasteiger partial charge in [0.1, 0.15) is 23.0 Å². The number of carbonyl (C=O) groups excluding carboxylic acids is 2. The van der Waals surface area contributed by atoms with Crippen molar-refractivity contribution in [3.05, 3.63) is 83.1 Å². The molecule has 0 radical (unpaired) electrons. The molecule has 1 heterocycles. The highest BCUT2D eigenvalue weighted by Crippen LogP contribution is 2.25. The SMILES string of the molecule is CC(NC1CCc2cc(F)cc(F)c2C1)C(=O)Nc1cn(C(C)(C)C(=O)NCCc2cccc(F)c2)cn1. The van der Waals surface area contributed by atoms with Gasteiger partial charge in [-0.15, -0.1) is 0 Å². The molecule has 3 N–H and O–H groups in total. The van der Waals surface area contributed by atoms with Crippen LogP contribution in [0.2, 0.25) is 0 Å². The topological polar surface area (TPSA) is 88.0 Å². The molecule has 1 aromatic heterocycles. The van der Waals surface area contributed by atoms with Gasteiger partial charge >= 0.3 is 0 Å². The fourth-order valence-corrected chi connectivity index (χ4v) is 4.63. The zero-order valence-electron chi connectivity index (χ0n) is 21.7. The van der Waals surface area contributed by atoms with E-state index in [2.05, 4.69) is 20.9 Å². The number of carbonyl (C=O) groups is 2. The first-order chi connectivity index (χ1) is 18.0. The zero-order valence-corrected chi connectivity index (χ0v) is 21.7.